The van der Waals surface area contributed by atoms with Crippen molar-refractivity contribution in [1.29, 1.82) is 0 Å². The average molecular weight is 405 g/mol. The van der Waals surface area contributed by atoms with Gasteiger partial charge in [-0.05, 0) is 42.8 Å². The molecular formula is C17H13Cl3FNO3. The Balaban J connectivity index is 1.91. The van der Waals surface area contributed by atoms with Crippen molar-refractivity contribution in [3.8, 4) is 0 Å². The number of esters is 1. The van der Waals surface area contributed by atoms with Gasteiger partial charge in [-0.2, -0.15) is 0 Å². The summed E-state index contributed by atoms with van der Waals surface area (Å²) in [6, 6.07) is 7.88. The van der Waals surface area contributed by atoms with Gasteiger partial charge in [-0.25, -0.2) is 9.18 Å². The highest BCUT2D eigenvalue weighted by molar-refractivity contribution is 6.42. The molecular weight excluding hydrogens is 392 g/mol. The van der Waals surface area contributed by atoms with Gasteiger partial charge in [0.05, 0.1) is 26.7 Å². The van der Waals surface area contributed by atoms with Gasteiger partial charge in [0.2, 0.25) is 0 Å². The molecule has 132 valence electrons. The molecule has 0 spiro atoms. The largest absolute Gasteiger partial charge is 0.452 e. The van der Waals surface area contributed by atoms with Crippen LogP contribution in [0.4, 0.5) is 4.39 Å². The molecule has 1 amide bonds. The number of hydrogen-bond acceptors (Lipinski definition) is 3. The smallest absolute Gasteiger partial charge is 0.340 e. The summed E-state index contributed by atoms with van der Waals surface area (Å²) in [5.41, 5.74) is 0.726. The molecule has 0 heterocycles. The molecule has 0 aromatic heterocycles. The molecule has 0 aliphatic carbocycles. The third-order valence-electron chi connectivity index (χ3n) is 3.31. The summed E-state index contributed by atoms with van der Waals surface area (Å²) in [6.07, 6.45) is 0. The van der Waals surface area contributed by atoms with E-state index in [9.17, 15) is 14.0 Å². The van der Waals surface area contributed by atoms with E-state index in [1.165, 1.54) is 6.07 Å². The van der Waals surface area contributed by atoms with Gasteiger partial charge in [-0.3, -0.25) is 4.79 Å². The summed E-state index contributed by atoms with van der Waals surface area (Å²) in [5, 5.41) is 3.36. The Morgan fingerprint density at radius 1 is 1.08 bits per heavy atom. The highest BCUT2D eigenvalue weighted by Crippen LogP contribution is 2.25. The van der Waals surface area contributed by atoms with Crippen LogP contribution in [0.15, 0.2) is 36.4 Å². The van der Waals surface area contributed by atoms with Crippen molar-refractivity contribution in [2.45, 2.75) is 13.0 Å². The molecule has 1 atom stereocenters. The van der Waals surface area contributed by atoms with E-state index in [2.05, 4.69) is 5.32 Å². The van der Waals surface area contributed by atoms with Gasteiger partial charge < -0.3 is 10.1 Å². The van der Waals surface area contributed by atoms with Crippen LogP contribution >= 0.6 is 34.8 Å². The fourth-order valence-corrected chi connectivity index (χ4v) is 2.56. The second-order valence-corrected chi connectivity index (χ2v) is 6.38. The van der Waals surface area contributed by atoms with Gasteiger partial charge in [0, 0.05) is 0 Å². The maximum atomic E-state index is 13.0. The lowest BCUT2D eigenvalue weighted by molar-refractivity contribution is -0.124. The number of halogens is 4. The number of nitrogens with one attached hydrogen (secondary N) is 1. The van der Waals surface area contributed by atoms with E-state index in [1.807, 2.05) is 0 Å². The fraction of sp³-hybridized carbons (Fsp3) is 0.176. The van der Waals surface area contributed by atoms with Gasteiger partial charge in [-0.1, -0.05) is 40.9 Å². The van der Waals surface area contributed by atoms with Gasteiger partial charge in [0.1, 0.15) is 5.82 Å². The minimum Gasteiger partial charge on any atom is -0.452 e. The molecule has 4 nitrogen and oxygen atoms in total. The molecule has 0 radical (unpaired) electrons. The van der Waals surface area contributed by atoms with Crippen molar-refractivity contribution in [2.24, 2.45) is 0 Å². The van der Waals surface area contributed by atoms with Crippen LogP contribution in [0.1, 0.15) is 28.9 Å². The number of amides is 1. The predicted octanol–water partition coefficient (Wildman–Crippen LogP) is 4.82. The summed E-state index contributed by atoms with van der Waals surface area (Å²) in [4.78, 5) is 23.8. The number of benzene rings is 2. The summed E-state index contributed by atoms with van der Waals surface area (Å²) < 4.78 is 17.8. The molecule has 8 heteroatoms. The Hall–Kier alpha value is -1.82. The summed E-state index contributed by atoms with van der Waals surface area (Å²) in [5.74, 6) is -1.90. The molecule has 0 fully saturated rings. The molecule has 2 aromatic rings. The minimum atomic E-state index is -0.817. The number of rotatable bonds is 5. The zero-order chi connectivity index (χ0) is 18.6. The molecule has 2 aromatic carbocycles. The first kappa shape index (κ1) is 19.5. The Bertz CT molecular complexity index is 814. The van der Waals surface area contributed by atoms with E-state index in [4.69, 9.17) is 39.5 Å². The SMILES string of the molecule is CC(NC(=O)COC(=O)c1ccc(F)cc1Cl)c1ccc(Cl)c(Cl)c1. The first-order valence-corrected chi connectivity index (χ1v) is 8.28. The number of carbonyl (C=O) groups excluding carboxylic acids is 2. The molecule has 0 aliphatic heterocycles. The van der Waals surface area contributed by atoms with Crippen LogP contribution in [0, 0.1) is 5.82 Å². The number of hydrogen-bond donors (Lipinski definition) is 1. The molecule has 1 unspecified atom stereocenters. The molecule has 0 aliphatic rings. The molecule has 25 heavy (non-hydrogen) atoms. The lowest BCUT2D eigenvalue weighted by atomic mass is 10.1. The first-order valence-electron chi connectivity index (χ1n) is 7.14. The maximum Gasteiger partial charge on any atom is 0.340 e. The third kappa shape index (κ3) is 5.33. The van der Waals surface area contributed by atoms with Crippen molar-refractivity contribution in [1.82, 2.24) is 5.32 Å². The van der Waals surface area contributed by atoms with Crippen LogP contribution in [-0.4, -0.2) is 18.5 Å². The van der Waals surface area contributed by atoms with E-state index in [-0.39, 0.29) is 16.6 Å². The minimum absolute atomic E-state index is 0.0200. The van der Waals surface area contributed by atoms with Crippen LogP contribution < -0.4 is 5.32 Å². The summed E-state index contributed by atoms with van der Waals surface area (Å²) in [6.45, 7) is 1.24. The van der Waals surface area contributed by atoms with E-state index < -0.39 is 24.3 Å². The predicted molar refractivity (Wildman–Crippen MR) is 94.7 cm³/mol. The van der Waals surface area contributed by atoms with Crippen molar-refractivity contribution in [3.05, 3.63) is 68.4 Å². The Labute approximate surface area is 158 Å². The summed E-state index contributed by atoms with van der Waals surface area (Å²) in [7, 11) is 0. The fourth-order valence-electron chi connectivity index (χ4n) is 2.01. The Morgan fingerprint density at radius 2 is 1.80 bits per heavy atom. The van der Waals surface area contributed by atoms with Crippen molar-refractivity contribution in [2.75, 3.05) is 6.61 Å². The van der Waals surface area contributed by atoms with Gasteiger partial charge in [0.25, 0.3) is 5.91 Å². The van der Waals surface area contributed by atoms with E-state index in [0.29, 0.717) is 10.0 Å². The van der Waals surface area contributed by atoms with Crippen LogP contribution in [0.5, 0.6) is 0 Å². The molecule has 1 N–H and O–H groups in total. The summed E-state index contributed by atoms with van der Waals surface area (Å²) >= 11 is 17.6. The average Bonchev–Trinajstić information content (AvgIpc) is 2.55. The molecule has 0 bridgehead atoms. The highest BCUT2D eigenvalue weighted by Gasteiger charge is 2.16. The van der Waals surface area contributed by atoms with Crippen molar-refractivity contribution < 1.29 is 18.7 Å². The van der Waals surface area contributed by atoms with Crippen LogP contribution in [0.3, 0.4) is 0 Å². The second kappa shape index (κ2) is 8.52. The topological polar surface area (TPSA) is 55.4 Å². The zero-order valence-corrected chi connectivity index (χ0v) is 15.3. The van der Waals surface area contributed by atoms with E-state index >= 15 is 0 Å². The monoisotopic (exact) mass is 403 g/mol. The lowest BCUT2D eigenvalue weighted by Gasteiger charge is -2.15. The Morgan fingerprint density at radius 3 is 2.44 bits per heavy atom. The standard InChI is InChI=1S/C17H13Cl3FNO3/c1-9(10-2-5-13(18)15(20)6-10)22-16(23)8-25-17(24)12-4-3-11(21)7-14(12)19/h2-7,9H,8H2,1H3,(H,22,23). The first-order chi connectivity index (χ1) is 11.8. The maximum absolute atomic E-state index is 13.0. The number of carbonyl (C=O) groups is 2. The normalized spacial score (nSPS) is 11.7. The number of ether oxygens (including phenoxy) is 1. The van der Waals surface area contributed by atoms with Gasteiger partial charge in [-0.15, -0.1) is 0 Å². The quantitative estimate of drug-likeness (QED) is 0.727. The lowest BCUT2D eigenvalue weighted by Crippen LogP contribution is -2.31. The molecule has 0 saturated heterocycles. The van der Waals surface area contributed by atoms with Gasteiger partial charge >= 0.3 is 5.97 Å². The second-order valence-electron chi connectivity index (χ2n) is 5.16. The van der Waals surface area contributed by atoms with E-state index in [1.54, 1.807) is 25.1 Å². The van der Waals surface area contributed by atoms with Crippen molar-refractivity contribution in [3.63, 3.8) is 0 Å². The van der Waals surface area contributed by atoms with Crippen molar-refractivity contribution >= 4 is 46.7 Å². The molecule has 0 saturated carbocycles. The highest BCUT2D eigenvalue weighted by atomic mass is 35.5. The molecule has 2 rings (SSSR count). The van der Waals surface area contributed by atoms with Gasteiger partial charge in [0.15, 0.2) is 6.61 Å². The van der Waals surface area contributed by atoms with E-state index in [0.717, 1.165) is 17.7 Å². The zero-order valence-electron chi connectivity index (χ0n) is 13.0. The van der Waals surface area contributed by atoms with Crippen LogP contribution in [-0.2, 0) is 9.53 Å². The van der Waals surface area contributed by atoms with Crippen LogP contribution in [0.2, 0.25) is 15.1 Å². The third-order valence-corrected chi connectivity index (χ3v) is 4.36. The Kier molecular flexibility index (Phi) is 6.64. The van der Waals surface area contributed by atoms with Crippen LogP contribution in [0.25, 0.3) is 0 Å².